The smallest absolute Gasteiger partial charge is 0.471 e. The fourth-order valence-corrected chi connectivity index (χ4v) is 1.44. The van der Waals surface area contributed by atoms with Gasteiger partial charge in [-0.1, -0.05) is 0 Å². The fraction of sp³-hybridized carbons (Fsp3) is 0.273. The first-order valence-corrected chi connectivity index (χ1v) is 5.15. The van der Waals surface area contributed by atoms with Crippen LogP contribution >= 0.6 is 0 Å². The zero-order valence-electron chi connectivity index (χ0n) is 9.67. The Bertz CT molecular complexity index is 529. The van der Waals surface area contributed by atoms with Crippen LogP contribution in [0.2, 0.25) is 0 Å². The number of carbonyl (C=O) groups is 2. The lowest BCUT2D eigenvalue weighted by Crippen LogP contribution is -2.40. The summed E-state index contributed by atoms with van der Waals surface area (Å²) in [5.41, 5.74) is -0.676. The van der Waals surface area contributed by atoms with Gasteiger partial charge in [-0.2, -0.15) is 13.2 Å². The minimum Gasteiger partial charge on any atom is -0.481 e. The molecule has 1 unspecified atom stereocenters. The molecule has 0 bridgehead atoms. The number of carboxylic acids is 1. The predicted molar refractivity (Wildman–Crippen MR) is 55.5 cm³/mol. The standard InChI is InChI=1S/C11H8F5NO3/c12-5-1-2-7(13)6(3-5)8(4-9(18)19)17-10(20)11(14,15)16/h1-3,8H,4H2,(H,17,20)(H,18,19). The lowest BCUT2D eigenvalue weighted by Gasteiger charge is -2.19. The second kappa shape index (κ2) is 5.85. The van der Waals surface area contributed by atoms with Crippen molar-refractivity contribution in [2.24, 2.45) is 0 Å². The Hall–Kier alpha value is -2.19. The largest absolute Gasteiger partial charge is 0.481 e. The molecule has 0 heterocycles. The van der Waals surface area contributed by atoms with Crippen molar-refractivity contribution >= 4 is 11.9 Å². The number of alkyl halides is 3. The number of carboxylic acid groups (broad SMARTS) is 1. The molecule has 9 heteroatoms. The third kappa shape index (κ3) is 4.18. The predicted octanol–water partition coefficient (Wildman–Crippen LogP) is 2.16. The van der Waals surface area contributed by atoms with E-state index in [-0.39, 0.29) is 0 Å². The van der Waals surface area contributed by atoms with Crippen LogP contribution in [0.5, 0.6) is 0 Å². The van der Waals surface area contributed by atoms with Crippen LogP contribution < -0.4 is 5.32 Å². The van der Waals surface area contributed by atoms with Crippen molar-refractivity contribution < 1.29 is 36.6 Å². The topological polar surface area (TPSA) is 66.4 Å². The average Bonchev–Trinajstić information content (AvgIpc) is 2.29. The summed E-state index contributed by atoms with van der Waals surface area (Å²) in [5.74, 6) is -6.12. The summed E-state index contributed by atoms with van der Waals surface area (Å²) in [6.45, 7) is 0. The van der Waals surface area contributed by atoms with Gasteiger partial charge in [0.1, 0.15) is 11.6 Å². The van der Waals surface area contributed by atoms with Gasteiger partial charge in [0, 0.05) is 5.56 Å². The van der Waals surface area contributed by atoms with Crippen molar-refractivity contribution in [3.63, 3.8) is 0 Å². The summed E-state index contributed by atoms with van der Waals surface area (Å²) in [6.07, 6.45) is -6.29. The van der Waals surface area contributed by atoms with Crippen LogP contribution in [-0.2, 0) is 9.59 Å². The molecule has 0 aliphatic heterocycles. The van der Waals surface area contributed by atoms with Crippen LogP contribution in [-0.4, -0.2) is 23.2 Å². The summed E-state index contributed by atoms with van der Waals surface area (Å²) < 4.78 is 62.7. The van der Waals surface area contributed by atoms with E-state index in [9.17, 15) is 31.5 Å². The maximum absolute atomic E-state index is 13.4. The number of hydrogen-bond donors (Lipinski definition) is 2. The molecule has 4 nitrogen and oxygen atoms in total. The maximum Gasteiger partial charge on any atom is 0.471 e. The molecule has 0 aliphatic carbocycles. The van der Waals surface area contributed by atoms with Crippen LogP contribution in [0.3, 0.4) is 0 Å². The van der Waals surface area contributed by atoms with Gasteiger partial charge in [-0.3, -0.25) is 9.59 Å². The molecule has 2 N–H and O–H groups in total. The van der Waals surface area contributed by atoms with Crippen molar-refractivity contribution in [3.8, 4) is 0 Å². The van der Waals surface area contributed by atoms with Crippen molar-refractivity contribution in [2.75, 3.05) is 0 Å². The second-order valence-corrected chi connectivity index (χ2v) is 3.79. The number of rotatable bonds is 4. The Morgan fingerprint density at radius 3 is 2.35 bits per heavy atom. The van der Waals surface area contributed by atoms with Gasteiger partial charge in [0.05, 0.1) is 12.5 Å². The highest BCUT2D eigenvalue weighted by Gasteiger charge is 2.40. The molecule has 1 amide bonds. The van der Waals surface area contributed by atoms with Crippen molar-refractivity contribution in [1.82, 2.24) is 5.32 Å². The summed E-state index contributed by atoms with van der Waals surface area (Å²) >= 11 is 0. The van der Waals surface area contributed by atoms with Crippen molar-refractivity contribution in [1.29, 1.82) is 0 Å². The number of hydrogen-bond acceptors (Lipinski definition) is 2. The molecular formula is C11H8F5NO3. The van der Waals surface area contributed by atoms with E-state index in [1.165, 1.54) is 5.32 Å². The number of aliphatic carboxylic acids is 1. The van der Waals surface area contributed by atoms with Gasteiger partial charge >= 0.3 is 18.1 Å². The van der Waals surface area contributed by atoms with E-state index in [2.05, 4.69) is 0 Å². The van der Waals surface area contributed by atoms with Gasteiger partial charge in [0.2, 0.25) is 0 Å². The van der Waals surface area contributed by atoms with E-state index in [0.29, 0.717) is 18.2 Å². The van der Waals surface area contributed by atoms with E-state index in [4.69, 9.17) is 5.11 Å². The van der Waals surface area contributed by atoms with Crippen LogP contribution in [0.15, 0.2) is 18.2 Å². The zero-order valence-corrected chi connectivity index (χ0v) is 9.67. The molecule has 0 radical (unpaired) electrons. The second-order valence-electron chi connectivity index (χ2n) is 3.79. The Morgan fingerprint density at radius 2 is 1.85 bits per heavy atom. The first kappa shape index (κ1) is 15.9. The van der Waals surface area contributed by atoms with Crippen molar-refractivity contribution in [3.05, 3.63) is 35.4 Å². The lowest BCUT2D eigenvalue weighted by molar-refractivity contribution is -0.174. The third-order valence-corrected chi connectivity index (χ3v) is 2.27. The monoisotopic (exact) mass is 297 g/mol. The molecule has 0 spiro atoms. The molecule has 1 aromatic rings. The highest BCUT2D eigenvalue weighted by Crippen LogP contribution is 2.24. The molecule has 1 aromatic carbocycles. The SMILES string of the molecule is O=C(O)CC(NC(=O)C(F)(F)F)c1cc(F)ccc1F. The highest BCUT2D eigenvalue weighted by molar-refractivity contribution is 5.82. The molecule has 0 fully saturated rings. The summed E-state index contributed by atoms with van der Waals surface area (Å²) in [7, 11) is 0. The van der Waals surface area contributed by atoms with E-state index in [1.807, 2.05) is 0 Å². The normalized spacial score (nSPS) is 12.8. The molecule has 110 valence electrons. The van der Waals surface area contributed by atoms with Gasteiger partial charge in [-0.05, 0) is 18.2 Å². The Kier molecular flexibility index (Phi) is 4.64. The summed E-state index contributed by atoms with van der Waals surface area (Å²) in [5, 5.41) is 9.89. The average molecular weight is 297 g/mol. The van der Waals surface area contributed by atoms with Gasteiger partial charge in [-0.25, -0.2) is 8.78 Å². The van der Waals surface area contributed by atoms with E-state index < -0.39 is 47.7 Å². The number of halogens is 5. The van der Waals surface area contributed by atoms with Crippen LogP contribution in [0.25, 0.3) is 0 Å². The Labute approximate surface area is 109 Å². The molecule has 0 aliphatic rings. The van der Waals surface area contributed by atoms with Gasteiger partial charge in [0.15, 0.2) is 0 Å². The summed E-state index contributed by atoms with van der Waals surface area (Å²) in [4.78, 5) is 21.3. The first-order chi connectivity index (χ1) is 9.11. The third-order valence-electron chi connectivity index (χ3n) is 2.27. The van der Waals surface area contributed by atoms with Crippen LogP contribution in [0.4, 0.5) is 22.0 Å². The quantitative estimate of drug-likeness (QED) is 0.837. The van der Waals surface area contributed by atoms with Crippen LogP contribution in [0.1, 0.15) is 18.0 Å². The molecule has 1 rings (SSSR count). The molecular weight excluding hydrogens is 289 g/mol. The van der Waals surface area contributed by atoms with Gasteiger partial charge in [-0.15, -0.1) is 0 Å². The van der Waals surface area contributed by atoms with Gasteiger partial charge in [0.25, 0.3) is 0 Å². The molecule has 20 heavy (non-hydrogen) atoms. The lowest BCUT2D eigenvalue weighted by atomic mass is 10.0. The van der Waals surface area contributed by atoms with Gasteiger partial charge < -0.3 is 10.4 Å². The van der Waals surface area contributed by atoms with Crippen molar-refractivity contribution in [2.45, 2.75) is 18.6 Å². The number of carbonyl (C=O) groups excluding carboxylic acids is 1. The Balaban J connectivity index is 3.09. The molecule has 0 aromatic heterocycles. The van der Waals surface area contributed by atoms with E-state index in [1.54, 1.807) is 0 Å². The fourth-order valence-electron chi connectivity index (χ4n) is 1.44. The Morgan fingerprint density at radius 1 is 1.25 bits per heavy atom. The number of benzene rings is 1. The minimum absolute atomic E-state index is 0.527. The van der Waals surface area contributed by atoms with Crippen LogP contribution in [0, 0.1) is 11.6 Å². The zero-order chi connectivity index (χ0) is 15.5. The van der Waals surface area contributed by atoms with E-state index >= 15 is 0 Å². The van der Waals surface area contributed by atoms with E-state index in [0.717, 1.165) is 0 Å². The summed E-state index contributed by atoms with van der Waals surface area (Å²) in [6, 6.07) is 0.0264. The molecule has 0 saturated heterocycles. The highest BCUT2D eigenvalue weighted by atomic mass is 19.4. The minimum atomic E-state index is -5.26. The molecule has 0 saturated carbocycles. The number of amides is 1. The first-order valence-electron chi connectivity index (χ1n) is 5.15. The molecule has 1 atom stereocenters. The maximum atomic E-state index is 13.4. The number of nitrogens with one attached hydrogen (secondary N) is 1.